The summed E-state index contributed by atoms with van der Waals surface area (Å²) in [6, 6.07) is 10.3. The lowest BCUT2D eigenvalue weighted by molar-refractivity contribution is 0.359. The first-order valence-corrected chi connectivity index (χ1v) is 7.47. The van der Waals surface area contributed by atoms with E-state index >= 15 is 0 Å². The summed E-state index contributed by atoms with van der Waals surface area (Å²) >= 11 is 0. The maximum absolute atomic E-state index is 4.47. The number of anilines is 1. The molecule has 3 aromatic rings. The second kappa shape index (κ2) is 5.40. The van der Waals surface area contributed by atoms with Crippen LogP contribution in [0.2, 0.25) is 0 Å². The fourth-order valence-corrected chi connectivity index (χ4v) is 2.14. The highest BCUT2D eigenvalue weighted by Crippen LogP contribution is 2.26. The second-order valence-electron chi connectivity index (χ2n) is 6.58. The Morgan fingerprint density at radius 2 is 1.82 bits per heavy atom. The molecule has 3 rings (SSSR count). The molecule has 1 unspecified atom stereocenters. The predicted molar refractivity (Wildman–Crippen MR) is 89.2 cm³/mol. The van der Waals surface area contributed by atoms with Crippen LogP contribution in [-0.4, -0.2) is 25.8 Å². The van der Waals surface area contributed by atoms with Gasteiger partial charge in [-0.1, -0.05) is 39.0 Å². The average molecular weight is 295 g/mol. The van der Waals surface area contributed by atoms with Gasteiger partial charge in [0.1, 0.15) is 12.1 Å². The average Bonchev–Trinajstić information content (AvgIpc) is 2.92. The number of nitrogens with one attached hydrogen (secondary N) is 1. The minimum absolute atomic E-state index is 0.146. The maximum Gasteiger partial charge on any atom is 0.168 e. The molecular weight excluding hydrogens is 274 g/mol. The molecule has 1 aromatic carbocycles. The summed E-state index contributed by atoms with van der Waals surface area (Å²) in [6.45, 7) is 8.78. The van der Waals surface area contributed by atoms with Crippen molar-refractivity contribution in [1.82, 2.24) is 19.7 Å². The molecule has 0 saturated heterocycles. The van der Waals surface area contributed by atoms with Crippen molar-refractivity contribution in [2.24, 2.45) is 5.41 Å². The van der Waals surface area contributed by atoms with Gasteiger partial charge in [0, 0.05) is 6.04 Å². The molecule has 1 N–H and O–H groups in total. The van der Waals surface area contributed by atoms with Crippen molar-refractivity contribution in [3.8, 4) is 5.69 Å². The molecule has 1 atom stereocenters. The van der Waals surface area contributed by atoms with E-state index < -0.39 is 0 Å². The van der Waals surface area contributed by atoms with Crippen LogP contribution in [0.25, 0.3) is 16.7 Å². The van der Waals surface area contributed by atoms with Crippen molar-refractivity contribution >= 4 is 16.9 Å². The molecule has 0 aliphatic rings. The van der Waals surface area contributed by atoms with Crippen molar-refractivity contribution in [2.45, 2.75) is 33.7 Å². The van der Waals surface area contributed by atoms with Gasteiger partial charge in [-0.2, -0.15) is 5.10 Å². The van der Waals surface area contributed by atoms with Gasteiger partial charge in [-0.3, -0.25) is 0 Å². The first-order valence-electron chi connectivity index (χ1n) is 7.47. The largest absolute Gasteiger partial charge is 0.366 e. The Balaban J connectivity index is 2.03. The van der Waals surface area contributed by atoms with Crippen molar-refractivity contribution < 1.29 is 0 Å². The zero-order valence-corrected chi connectivity index (χ0v) is 13.4. The van der Waals surface area contributed by atoms with Crippen LogP contribution < -0.4 is 5.32 Å². The zero-order valence-electron chi connectivity index (χ0n) is 13.4. The summed E-state index contributed by atoms with van der Waals surface area (Å²) in [4.78, 5) is 8.79. The minimum atomic E-state index is 0.146. The van der Waals surface area contributed by atoms with Gasteiger partial charge < -0.3 is 5.32 Å². The molecule has 5 heteroatoms. The van der Waals surface area contributed by atoms with E-state index in [4.69, 9.17) is 0 Å². The highest BCUT2D eigenvalue weighted by molar-refractivity contribution is 5.87. The van der Waals surface area contributed by atoms with Crippen LogP contribution in [0.15, 0.2) is 42.9 Å². The molecule has 0 saturated carbocycles. The smallest absolute Gasteiger partial charge is 0.168 e. The van der Waals surface area contributed by atoms with Crippen LogP contribution in [0.3, 0.4) is 0 Å². The Hall–Kier alpha value is -2.43. The van der Waals surface area contributed by atoms with Crippen molar-refractivity contribution in [2.75, 3.05) is 5.32 Å². The van der Waals surface area contributed by atoms with E-state index in [1.807, 2.05) is 41.2 Å². The van der Waals surface area contributed by atoms with Gasteiger partial charge in [-0.15, -0.1) is 0 Å². The van der Waals surface area contributed by atoms with Crippen LogP contribution in [0.4, 0.5) is 5.82 Å². The van der Waals surface area contributed by atoms with Crippen LogP contribution in [0, 0.1) is 5.41 Å². The SMILES string of the molecule is CC(Nc1ncnc2c1cnn2-c1ccccc1)C(C)(C)C. The normalized spacial score (nSPS) is 13.3. The molecule has 5 nitrogen and oxygen atoms in total. The Labute approximate surface area is 130 Å². The summed E-state index contributed by atoms with van der Waals surface area (Å²) in [5.41, 5.74) is 1.95. The quantitative estimate of drug-likeness (QED) is 0.801. The number of nitrogens with zero attached hydrogens (tertiary/aromatic N) is 4. The number of aromatic nitrogens is 4. The second-order valence-corrected chi connectivity index (χ2v) is 6.58. The summed E-state index contributed by atoms with van der Waals surface area (Å²) in [7, 11) is 0. The molecule has 2 heterocycles. The van der Waals surface area contributed by atoms with Gasteiger partial charge in [-0.05, 0) is 24.5 Å². The number of hydrogen-bond acceptors (Lipinski definition) is 4. The number of para-hydroxylation sites is 1. The highest BCUT2D eigenvalue weighted by Gasteiger charge is 2.21. The lowest BCUT2D eigenvalue weighted by atomic mass is 9.88. The van der Waals surface area contributed by atoms with E-state index in [0.29, 0.717) is 0 Å². The maximum atomic E-state index is 4.47. The van der Waals surface area contributed by atoms with Gasteiger partial charge in [0.15, 0.2) is 5.65 Å². The number of rotatable bonds is 3. The Morgan fingerprint density at radius 3 is 2.50 bits per heavy atom. The van der Waals surface area contributed by atoms with Crippen LogP contribution in [0.1, 0.15) is 27.7 Å². The predicted octanol–water partition coefficient (Wildman–Crippen LogP) is 3.66. The lowest BCUT2D eigenvalue weighted by Crippen LogP contribution is -2.31. The third-order valence-electron chi connectivity index (χ3n) is 4.02. The molecule has 0 aliphatic carbocycles. The highest BCUT2D eigenvalue weighted by atomic mass is 15.3. The minimum Gasteiger partial charge on any atom is -0.366 e. The first-order chi connectivity index (χ1) is 10.5. The fraction of sp³-hybridized carbons (Fsp3) is 0.353. The van der Waals surface area contributed by atoms with E-state index in [9.17, 15) is 0 Å². The van der Waals surface area contributed by atoms with Crippen molar-refractivity contribution in [3.63, 3.8) is 0 Å². The van der Waals surface area contributed by atoms with E-state index in [0.717, 1.165) is 22.5 Å². The first kappa shape index (κ1) is 14.5. The molecule has 114 valence electrons. The Morgan fingerprint density at radius 1 is 1.09 bits per heavy atom. The van der Waals surface area contributed by atoms with Gasteiger partial charge >= 0.3 is 0 Å². The monoisotopic (exact) mass is 295 g/mol. The molecule has 0 bridgehead atoms. The molecule has 2 aromatic heterocycles. The van der Waals surface area contributed by atoms with Crippen LogP contribution >= 0.6 is 0 Å². The molecule has 0 aliphatic heterocycles. The van der Waals surface area contributed by atoms with Gasteiger partial charge in [-0.25, -0.2) is 14.6 Å². The summed E-state index contributed by atoms with van der Waals surface area (Å²) in [5.74, 6) is 0.828. The standard InChI is InChI=1S/C17H21N5/c1-12(17(2,3)4)21-15-14-10-20-22(16(14)19-11-18-15)13-8-6-5-7-9-13/h5-12H,1-4H3,(H,18,19,21). The molecule has 0 spiro atoms. The summed E-state index contributed by atoms with van der Waals surface area (Å²) in [5, 5.41) is 8.89. The van der Waals surface area contributed by atoms with Crippen LogP contribution in [-0.2, 0) is 0 Å². The lowest BCUT2D eigenvalue weighted by Gasteiger charge is -2.28. The number of hydrogen-bond donors (Lipinski definition) is 1. The fourth-order valence-electron chi connectivity index (χ4n) is 2.14. The molecule has 0 amide bonds. The van der Waals surface area contributed by atoms with E-state index in [1.54, 1.807) is 6.33 Å². The topological polar surface area (TPSA) is 55.6 Å². The van der Waals surface area contributed by atoms with Gasteiger partial charge in [0.25, 0.3) is 0 Å². The molecular formula is C17H21N5. The Kier molecular flexibility index (Phi) is 3.56. The number of fused-ring (bicyclic) bond motifs is 1. The summed E-state index contributed by atoms with van der Waals surface area (Å²) in [6.07, 6.45) is 3.40. The van der Waals surface area contributed by atoms with Gasteiger partial charge in [0.05, 0.1) is 17.3 Å². The zero-order chi connectivity index (χ0) is 15.7. The number of benzene rings is 1. The van der Waals surface area contributed by atoms with Crippen molar-refractivity contribution in [3.05, 3.63) is 42.9 Å². The third kappa shape index (κ3) is 2.66. The van der Waals surface area contributed by atoms with E-state index in [1.165, 1.54) is 0 Å². The molecule has 22 heavy (non-hydrogen) atoms. The van der Waals surface area contributed by atoms with E-state index in [2.05, 4.69) is 48.1 Å². The summed E-state index contributed by atoms with van der Waals surface area (Å²) < 4.78 is 1.84. The van der Waals surface area contributed by atoms with E-state index in [-0.39, 0.29) is 11.5 Å². The molecule has 0 fully saturated rings. The van der Waals surface area contributed by atoms with Gasteiger partial charge in [0.2, 0.25) is 0 Å². The molecule has 0 radical (unpaired) electrons. The van der Waals surface area contributed by atoms with Crippen molar-refractivity contribution in [1.29, 1.82) is 0 Å². The van der Waals surface area contributed by atoms with Crippen LogP contribution in [0.5, 0.6) is 0 Å². The third-order valence-corrected chi connectivity index (χ3v) is 4.02. The Bertz CT molecular complexity index is 771.